The van der Waals surface area contributed by atoms with Crippen LogP contribution in [-0.2, 0) is 6.61 Å². The van der Waals surface area contributed by atoms with Crippen LogP contribution in [0.2, 0.25) is 0 Å². The predicted molar refractivity (Wildman–Crippen MR) is 102 cm³/mol. The lowest BCUT2D eigenvalue weighted by Crippen LogP contribution is -2.26. The highest BCUT2D eigenvalue weighted by molar-refractivity contribution is 5.65. The Morgan fingerprint density at radius 1 is 1.04 bits per heavy atom. The summed E-state index contributed by atoms with van der Waals surface area (Å²) in [5, 5.41) is 7.38. The molecular formula is C22H24N2O2. The summed E-state index contributed by atoms with van der Waals surface area (Å²) < 4.78 is 10.8. The highest BCUT2D eigenvalue weighted by Gasteiger charge is 2.15. The monoisotopic (exact) mass is 348 g/mol. The average molecular weight is 348 g/mol. The van der Waals surface area contributed by atoms with Crippen molar-refractivity contribution < 1.29 is 9.26 Å². The Morgan fingerprint density at radius 3 is 2.58 bits per heavy atom. The van der Waals surface area contributed by atoms with Crippen LogP contribution in [0.25, 0.3) is 11.1 Å². The SMILES string of the molecule is Cc1cc(COc2ccc(-c3cccc(C4CCNCC4)c3)cc2)no1. The molecule has 1 fully saturated rings. The van der Waals surface area contributed by atoms with Gasteiger partial charge in [-0.15, -0.1) is 0 Å². The van der Waals surface area contributed by atoms with Crippen LogP contribution in [0.1, 0.15) is 35.8 Å². The van der Waals surface area contributed by atoms with Crippen molar-refractivity contribution in [2.75, 3.05) is 13.1 Å². The van der Waals surface area contributed by atoms with Gasteiger partial charge in [-0.3, -0.25) is 0 Å². The van der Waals surface area contributed by atoms with Gasteiger partial charge in [0.2, 0.25) is 0 Å². The molecule has 0 radical (unpaired) electrons. The fraction of sp³-hybridized carbons (Fsp3) is 0.318. The summed E-state index contributed by atoms with van der Waals surface area (Å²) in [7, 11) is 0. The van der Waals surface area contributed by atoms with Crippen molar-refractivity contribution >= 4 is 0 Å². The molecule has 4 heteroatoms. The van der Waals surface area contributed by atoms with Crippen LogP contribution in [0.5, 0.6) is 5.75 Å². The van der Waals surface area contributed by atoms with Gasteiger partial charge >= 0.3 is 0 Å². The van der Waals surface area contributed by atoms with Crippen LogP contribution < -0.4 is 10.1 Å². The smallest absolute Gasteiger partial charge is 0.134 e. The summed E-state index contributed by atoms with van der Waals surface area (Å²) in [4.78, 5) is 0. The Hall–Kier alpha value is -2.59. The van der Waals surface area contributed by atoms with Crippen LogP contribution in [-0.4, -0.2) is 18.2 Å². The van der Waals surface area contributed by atoms with Crippen LogP contribution >= 0.6 is 0 Å². The molecule has 0 saturated carbocycles. The Morgan fingerprint density at radius 2 is 1.85 bits per heavy atom. The number of benzene rings is 2. The molecule has 0 aliphatic carbocycles. The largest absolute Gasteiger partial charge is 0.487 e. The number of hydrogen-bond donors (Lipinski definition) is 1. The summed E-state index contributed by atoms with van der Waals surface area (Å²) >= 11 is 0. The number of ether oxygens (including phenoxy) is 1. The van der Waals surface area contributed by atoms with Crippen LogP contribution in [0.4, 0.5) is 0 Å². The van der Waals surface area contributed by atoms with E-state index in [4.69, 9.17) is 9.26 Å². The van der Waals surface area contributed by atoms with Crippen molar-refractivity contribution in [1.29, 1.82) is 0 Å². The van der Waals surface area contributed by atoms with Gasteiger partial charge in [0.1, 0.15) is 23.8 Å². The summed E-state index contributed by atoms with van der Waals surface area (Å²) in [6.45, 7) is 4.53. The van der Waals surface area contributed by atoms with Gasteiger partial charge in [0.15, 0.2) is 0 Å². The second kappa shape index (κ2) is 7.75. The molecule has 0 bridgehead atoms. The van der Waals surface area contributed by atoms with Crippen LogP contribution in [0.3, 0.4) is 0 Å². The van der Waals surface area contributed by atoms with E-state index >= 15 is 0 Å². The number of nitrogens with one attached hydrogen (secondary N) is 1. The van der Waals surface area contributed by atoms with E-state index in [1.165, 1.54) is 29.5 Å². The number of aromatic nitrogens is 1. The molecule has 0 amide bonds. The van der Waals surface area contributed by atoms with Crippen LogP contribution in [0, 0.1) is 6.92 Å². The van der Waals surface area contributed by atoms with Crippen molar-refractivity contribution in [1.82, 2.24) is 10.5 Å². The second-order valence-electron chi connectivity index (χ2n) is 6.89. The normalized spacial score (nSPS) is 15.1. The lowest BCUT2D eigenvalue weighted by Gasteiger charge is -2.23. The topological polar surface area (TPSA) is 47.3 Å². The third-order valence-corrected chi connectivity index (χ3v) is 4.95. The highest BCUT2D eigenvalue weighted by atomic mass is 16.5. The van der Waals surface area contributed by atoms with Gasteiger partial charge in [-0.1, -0.05) is 41.6 Å². The molecule has 0 spiro atoms. The number of nitrogens with zero attached hydrogens (tertiary/aromatic N) is 1. The molecule has 134 valence electrons. The standard InChI is InChI=1S/C22H24N2O2/c1-16-13-21(24-26-16)15-25-22-7-5-17(6-8-22)19-3-2-4-20(14-19)18-9-11-23-12-10-18/h2-8,13-14,18,23H,9-12,15H2,1H3. The maximum absolute atomic E-state index is 5.79. The number of aryl methyl sites for hydroxylation is 1. The molecule has 0 unspecified atom stereocenters. The lowest BCUT2D eigenvalue weighted by molar-refractivity contribution is 0.288. The quantitative estimate of drug-likeness (QED) is 0.726. The molecule has 1 aromatic heterocycles. The first kappa shape index (κ1) is 16.9. The molecule has 1 aliphatic heterocycles. The van der Waals surface area contributed by atoms with E-state index in [9.17, 15) is 0 Å². The summed E-state index contributed by atoms with van der Waals surface area (Å²) in [5.41, 5.74) is 4.73. The van der Waals surface area contributed by atoms with E-state index in [-0.39, 0.29) is 0 Å². The lowest BCUT2D eigenvalue weighted by atomic mass is 9.88. The van der Waals surface area contributed by atoms with E-state index in [0.717, 1.165) is 30.3 Å². The van der Waals surface area contributed by atoms with Gasteiger partial charge in [0, 0.05) is 6.07 Å². The average Bonchev–Trinajstić information content (AvgIpc) is 3.13. The molecule has 2 heterocycles. The number of rotatable bonds is 5. The van der Waals surface area contributed by atoms with Crippen molar-refractivity contribution in [2.45, 2.75) is 32.3 Å². The van der Waals surface area contributed by atoms with E-state index in [2.05, 4.69) is 46.9 Å². The molecule has 26 heavy (non-hydrogen) atoms. The Labute approximate surface area is 154 Å². The van der Waals surface area contributed by atoms with Gasteiger partial charge in [0.25, 0.3) is 0 Å². The minimum absolute atomic E-state index is 0.419. The zero-order valence-electron chi connectivity index (χ0n) is 15.1. The molecule has 4 rings (SSSR count). The minimum atomic E-state index is 0.419. The first-order valence-electron chi connectivity index (χ1n) is 9.24. The highest BCUT2D eigenvalue weighted by Crippen LogP contribution is 2.30. The zero-order valence-corrected chi connectivity index (χ0v) is 15.1. The fourth-order valence-electron chi connectivity index (χ4n) is 3.51. The fourth-order valence-corrected chi connectivity index (χ4v) is 3.51. The predicted octanol–water partition coefficient (Wildman–Crippen LogP) is 4.70. The molecule has 3 aromatic rings. The van der Waals surface area contributed by atoms with Gasteiger partial charge in [-0.05, 0) is 67.6 Å². The molecule has 1 aliphatic rings. The second-order valence-corrected chi connectivity index (χ2v) is 6.89. The third-order valence-electron chi connectivity index (χ3n) is 4.95. The maximum Gasteiger partial charge on any atom is 0.134 e. The van der Waals surface area contributed by atoms with E-state index in [1.807, 2.05) is 25.1 Å². The van der Waals surface area contributed by atoms with Gasteiger partial charge < -0.3 is 14.6 Å². The van der Waals surface area contributed by atoms with E-state index in [0.29, 0.717) is 12.5 Å². The van der Waals surface area contributed by atoms with Gasteiger partial charge in [-0.2, -0.15) is 0 Å². The molecular weight excluding hydrogens is 324 g/mol. The summed E-state index contributed by atoms with van der Waals surface area (Å²) in [6, 6.07) is 19.1. The number of piperidine rings is 1. The van der Waals surface area contributed by atoms with E-state index in [1.54, 1.807) is 0 Å². The molecule has 1 saturated heterocycles. The van der Waals surface area contributed by atoms with Crippen LogP contribution in [0.15, 0.2) is 59.1 Å². The van der Waals surface area contributed by atoms with Crippen molar-refractivity contribution in [3.05, 3.63) is 71.6 Å². The summed E-state index contributed by atoms with van der Waals surface area (Å²) in [6.07, 6.45) is 2.44. The molecule has 2 aromatic carbocycles. The third kappa shape index (κ3) is 3.97. The number of hydrogen-bond acceptors (Lipinski definition) is 4. The zero-order chi connectivity index (χ0) is 17.8. The molecule has 1 N–H and O–H groups in total. The first-order valence-corrected chi connectivity index (χ1v) is 9.24. The van der Waals surface area contributed by atoms with Crippen molar-refractivity contribution in [3.63, 3.8) is 0 Å². The van der Waals surface area contributed by atoms with E-state index < -0.39 is 0 Å². The van der Waals surface area contributed by atoms with Crippen molar-refractivity contribution in [3.8, 4) is 16.9 Å². The van der Waals surface area contributed by atoms with Crippen molar-refractivity contribution in [2.24, 2.45) is 0 Å². The Balaban J connectivity index is 1.44. The molecule has 4 nitrogen and oxygen atoms in total. The summed E-state index contributed by atoms with van der Waals surface area (Å²) in [5.74, 6) is 2.31. The first-order chi connectivity index (χ1) is 12.8. The molecule has 0 atom stereocenters. The van der Waals surface area contributed by atoms with Gasteiger partial charge in [-0.25, -0.2) is 0 Å². The Kier molecular flexibility index (Phi) is 5.02. The van der Waals surface area contributed by atoms with Gasteiger partial charge in [0.05, 0.1) is 0 Å². The minimum Gasteiger partial charge on any atom is -0.487 e. The Bertz CT molecular complexity index is 849. The maximum atomic E-state index is 5.79.